The first kappa shape index (κ1) is 21.9. The summed E-state index contributed by atoms with van der Waals surface area (Å²) in [4.78, 5) is 0. The molecule has 26 heavy (non-hydrogen) atoms. The van der Waals surface area contributed by atoms with E-state index in [-0.39, 0.29) is 12.5 Å². The molecule has 3 unspecified atom stereocenters. The van der Waals surface area contributed by atoms with Crippen LogP contribution in [0.1, 0.15) is 91.9 Å². The molecule has 2 heteroatoms. The van der Waals surface area contributed by atoms with E-state index in [0.29, 0.717) is 18.3 Å². The van der Waals surface area contributed by atoms with Crippen LogP contribution < -0.4 is 0 Å². The fourth-order valence-electron chi connectivity index (χ4n) is 5.74. The van der Waals surface area contributed by atoms with Gasteiger partial charge in [0.25, 0.3) is 0 Å². The van der Waals surface area contributed by atoms with Gasteiger partial charge in [0, 0.05) is 6.61 Å². The molecule has 0 spiro atoms. The number of aliphatic hydroxyl groups excluding tert-OH is 1. The van der Waals surface area contributed by atoms with Crippen molar-refractivity contribution < 1.29 is 9.50 Å². The molecule has 2 aliphatic rings. The highest BCUT2D eigenvalue weighted by Gasteiger charge is 2.36. The molecule has 1 fully saturated rings. The minimum absolute atomic E-state index is 0.124. The van der Waals surface area contributed by atoms with Crippen LogP contribution in [0.5, 0.6) is 0 Å². The van der Waals surface area contributed by atoms with Gasteiger partial charge in [0.1, 0.15) is 6.17 Å². The fourth-order valence-corrected chi connectivity index (χ4v) is 5.74. The van der Waals surface area contributed by atoms with Gasteiger partial charge in [0.15, 0.2) is 0 Å². The Balaban J connectivity index is 2.14. The quantitative estimate of drug-likeness (QED) is 0.438. The minimum Gasteiger partial charge on any atom is -0.396 e. The van der Waals surface area contributed by atoms with Gasteiger partial charge in [-0.2, -0.15) is 0 Å². The standard InChI is InChI=1S/C24H43FO/c1-5-17(4)22(7-3)23(20-11-8-18(6-2)9-12-20)15-21-13-10-19(16-26)14-24(21)25/h13,17-20,22-24,26H,5-12,14-16H2,1-4H3/t17-,18-,19?,20+,22?,23+,24?/m1/s1. The van der Waals surface area contributed by atoms with Crippen molar-refractivity contribution in [3.63, 3.8) is 0 Å². The summed E-state index contributed by atoms with van der Waals surface area (Å²) in [6.45, 7) is 9.50. The molecule has 0 aromatic rings. The molecule has 0 aromatic heterocycles. The summed E-state index contributed by atoms with van der Waals surface area (Å²) in [6.07, 6.45) is 12.9. The second-order valence-electron chi connectivity index (χ2n) is 9.28. The lowest BCUT2D eigenvalue weighted by Crippen LogP contribution is -2.32. The van der Waals surface area contributed by atoms with Crippen molar-refractivity contribution in [3.8, 4) is 0 Å². The zero-order valence-corrected chi connectivity index (χ0v) is 17.7. The number of alkyl halides is 1. The summed E-state index contributed by atoms with van der Waals surface area (Å²) >= 11 is 0. The third-order valence-electron chi connectivity index (χ3n) is 7.86. The van der Waals surface area contributed by atoms with Crippen LogP contribution in [0.25, 0.3) is 0 Å². The highest BCUT2D eigenvalue weighted by atomic mass is 19.1. The van der Waals surface area contributed by atoms with Gasteiger partial charge in [0.2, 0.25) is 0 Å². The Hall–Kier alpha value is -0.370. The maximum atomic E-state index is 14.8. The van der Waals surface area contributed by atoms with Crippen LogP contribution in [-0.4, -0.2) is 17.9 Å². The average molecular weight is 367 g/mol. The zero-order valence-electron chi connectivity index (χ0n) is 17.7. The molecule has 1 nitrogen and oxygen atoms in total. The second-order valence-corrected chi connectivity index (χ2v) is 9.28. The summed E-state index contributed by atoms with van der Waals surface area (Å²) in [5.41, 5.74) is 1.05. The topological polar surface area (TPSA) is 20.2 Å². The predicted molar refractivity (Wildman–Crippen MR) is 110 cm³/mol. The summed E-state index contributed by atoms with van der Waals surface area (Å²) in [5, 5.41) is 9.36. The SMILES string of the molecule is CCC([C@H](C)CC)[C@@H](CC1=CCC(CO)CC1F)[C@H]1CC[C@@H](CC)CC1. The van der Waals surface area contributed by atoms with E-state index < -0.39 is 6.17 Å². The van der Waals surface area contributed by atoms with Crippen molar-refractivity contribution in [1.29, 1.82) is 0 Å². The van der Waals surface area contributed by atoms with Crippen LogP contribution in [0.15, 0.2) is 11.6 Å². The third kappa shape index (κ3) is 5.57. The van der Waals surface area contributed by atoms with Gasteiger partial charge in [-0.15, -0.1) is 0 Å². The molecule has 0 aromatic carbocycles. The van der Waals surface area contributed by atoms with E-state index in [1.54, 1.807) is 0 Å². The maximum Gasteiger partial charge on any atom is 0.122 e. The second kappa shape index (κ2) is 10.8. The Kier molecular flexibility index (Phi) is 9.14. The van der Waals surface area contributed by atoms with Crippen LogP contribution in [0.4, 0.5) is 4.39 Å². The van der Waals surface area contributed by atoms with E-state index in [1.807, 2.05) is 0 Å². The summed E-state index contributed by atoms with van der Waals surface area (Å²) in [6, 6.07) is 0. The molecule has 1 saturated carbocycles. The van der Waals surface area contributed by atoms with Gasteiger partial charge in [0.05, 0.1) is 0 Å². The zero-order chi connectivity index (χ0) is 19.1. The maximum absolute atomic E-state index is 14.8. The molecular formula is C24H43FO. The van der Waals surface area contributed by atoms with Crippen LogP contribution in [0.2, 0.25) is 0 Å². The highest BCUT2D eigenvalue weighted by molar-refractivity contribution is 5.14. The van der Waals surface area contributed by atoms with Crippen molar-refractivity contribution in [2.75, 3.05) is 6.61 Å². The Labute approximate surface area is 161 Å². The molecule has 0 saturated heterocycles. The van der Waals surface area contributed by atoms with Crippen LogP contribution in [0, 0.1) is 35.5 Å². The average Bonchev–Trinajstić information content (AvgIpc) is 2.68. The van der Waals surface area contributed by atoms with Crippen molar-refractivity contribution in [1.82, 2.24) is 0 Å². The number of allylic oxidation sites excluding steroid dienone is 2. The lowest BCUT2D eigenvalue weighted by molar-refractivity contribution is 0.105. The molecule has 0 radical (unpaired) electrons. The predicted octanol–water partition coefficient (Wildman–Crippen LogP) is 6.95. The van der Waals surface area contributed by atoms with E-state index in [1.165, 1.54) is 44.9 Å². The number of aliphatic hydroxyl groups is 1. The van der Waals surface area contributed by atoms with Gasteiger partial charge in [-0.05, 0) is 73.2 Å². The minimum atomic E-state index is -0.829. The molecule has 5 atom stereocenters. The lowest BCUT2D eigenvalue weighted by atomic mass is 9.64. The Morgan fingerprint density at radius 3 is 2.27 bits per heavy atom. The van der Waals surface area contributed by atoms with Crippen molar-refractivity contribution in [2.24, 2.45) is 35.5 Å². The van der Waals surface area contributed by atoms with Crippen molar-refractivity contribution >= 4 is 0 Å². The van der Waals surface area contributed by atoms with Gasteiger partial charge < -0.3 is 5.11 Å². The first-order chi connectivity index (χ1) is 12.5. The number of hydrogen-bond donors (Lipinski definition) is 1. The molecule has 1 N–H and O–H groups in total. The largest absolute Gasteiger partial charge is 0.396 e. The van der Waals surface area contributed by atoms with E-state index in [9.17, 15) is 9.50 Å². The normalized spacial score (nSPS) is 33.4. The Bertz CT molecular complexity index is 424. The Morgan fingerprint density at radius 2 is 1.77 bits per heavy atom. The van der Waals surface area contributed by atoms with Gasteiger partial charge in [-0.1, -0.05) is 65.9 Å². The van der Waals surface area contributed by atoms with E-state index in [2.05, 4.69) is 33.8 Å². The molecule has 2 rings (SSSR count). The molecule has 0 bridgehead atoms. The van der Waals surface area contributed by atoms with E-state index in [4.69, 9.17) is 0 Å². The van der Waals surface area contributed by atoms with Gasteiger partial charge in [-0.25, -0.2) is 4.39 Å². The monoisotopic (exact) mass is 366 g/mol. The first-order valence-corrected chi connectivity index (χ1v) is 11.5. The molecular weight excluding hydrogens is 323 g/mol. The molecule has 2 aliphatic carbocycles. The van der Waals surface area contributed by atoms with Gasteiger partial charge in [-0.3, -0.25) is 0 Å². The summed E-state index contributed by atoms with van der Waals surface area (Å²) < 4.78 is 14.8. The summed E-state index contributed by atoms with van der Waals surface area (Å²) in [7, 11) is 0. The van der Waals surface area contributed by atoms with Gasteiger partial charge >= 0.3 is 0 Å². The molecule has 0 amide bonds. The number of rotatable bonds is 9. The lowest BCUT2D eigenvalue weighted by Gasteiger charge is -2.41. The van der Waals surface area contributed by atoms with E-state index in [0.717, 1.165) is 36.2 Å². The Morgan fingerprint density at radius 1 is 1.08 bits per heavy atom. The number of halogens is 1. The smallest absolute Gasteiger partial charge is 0.122 e. The fraction of sp³-hybridized carbons (Fsp3) is 0.917. The van der Waals surface area contributed by atoms with Crippen LogP contribution in [-0.2, 0) is 0 Å². The molecule has 152 valence electrons. The van der Waals surface area contributed by atoms with E-state index >= 15 is 0 Å². The first-order valence-electron chi connectivity index (χ1n) is 11.5. The van der Waals surface area contributed by atoms with Crippen LogP contribution >= 0.6 is 0 Å². The van der Waals surface area contributed by atoms with Crippen molar-refractivity contribution in [3.05, 3.63) is 11.6 Å². The number of hydrogen-bond acceptors (Lipinski definition) is 1. The highest BCUT2D eigenvalue weighted by Crippen LogP contribution is 2.45. The molecule has 0 heterocycles. The molecule has 0 aliphatic heterocycles. The van der Waals surface area contributed by atoms with Crippen molar-refractivity contribution in [2.45, 2.75) is 98.1 Å². The third-order valence-corrected chi connectivity index (χ3v) is 7.86. The van der Waals surface area contributed by atoms with Crippen LogP contribution in [0.3, 0.4) is 0 Å². The summed E-state index contributed by atoms with van der Waals surface area (Å²) in [5.74, 6) is 3.91.